The number of terminal acetylenes is 1. The average Bonchev–Trinajstić information content (AvgIpc) is 3.50. The molecule has 10 heteroatoms. The van der Waals surface area contributed by atoms with Crippen molar-refractivity contribution in [1.29, 1.82) is 0 Å². The second-order valence-corrected chi connectivity index (χ2v) is 10.3. The molecule has 1 amide bonds. The molecule has 176 valence electrons. The number of amides is 1. The summed E-state index contributed by atoms with van der Waals surface area (Å²) in [6.07, 6.45) is 2.32. The molecule has 0 spiro atoms. The molecule has 1 aliphatic carbocycles. The predicted molar refractivity (Wildman–Crippen MR) is 116 cm³/mol. The number of hydrogen-bond donors (Lipinski definition) is 2. The van der Waals surface area contributed by atoms with Crippen LogP contribution in [0.1, 0.15) is 24.4 Å². The molecule has 0 radical (unpaired) electrons. The number of halogens is 4. The van der Waals surface area contributed by atoms with Gasteiger partial charge in [0.05, 0.1) is 5.75 Å². The van der Waals surface area contributed by atoms with Crippen molar-refractivity contribution in [3.63, 3.8) is 0 Å². The molecule has 1 saturated carbocycles. The van der Waals surface area contributed by atoms with Crippen LogP contribution < -0.4 is 10.6 Å². The number of hydrogen-bond acceptors (Lipinski definition) is 4. The predicted octanol–water partition coefficient (Wildman–Crippen LogP) is 3.38. The van der Waals surface area contributed by atoms with E-state index in [2.05, 4.69) is 16.6 Å². The first-order valence-corrected chi connectivity index (χ1v) is 12.0. The zero-order valence-corrected chi connectivity index (χ0v) is 18.4. The summed E-state index contributed by atoms with van der Waals surface area (Å²) < 4.78 is 78.5. The molecule has 33 heavy (non-hydrogen) atoms. The third kappa shape index (κ3) is 6.55. The zero-order chi connectivity index (χ0) is 24.4. The smallest absolute Gasteiger partial charge is 0.338 e. The Morgan fingerprint density at radius 1 is 1.09 bits per heavy atom. The van der Waals surface area contributed by atoms with Crippen LogP contribution in [0.15, 0.2) is 48.5 Å². The van der Waals surface area contributed by atoms with Crippen LogP contribution in [-0.4, -0.2) is 44.1 Å². The summed E-state index contributed by atoms with van der Waals surface area (Å²) in [5.74, 6) is 0.204. The molecule has 5 nitrogen and oxygen atoms in total. The number of carbonyl (C=O) groups is 1. The summed E-state index contributed by atoms with van der Waals surface area (Å²) in [5.41, 5.74) is 0.0179. The van der Waals surface area contributed by atoms with Crippen molar-refractivity contribution in [3.8, 4) is 23.5 Å². The maximum absolute atomic E-state index is 13.9. The topological polar surface area (TPSA) is 75.3 Å². The van der Waals surface area contributed by atoms with Gasteiger partial charge in [0.25, 0.3) is 0 Å². The van der Waals surface area contributed by atoms with Crippen molar-refractivity contribution in [2.75, 3.05) is 12.0 Å². The third-order valence-corrected chi connectivity index (χ3v) is 6.23. The van der Waals surface area contributed by atoms with E-state index < -0.39 is 51.1 Å². The number of carbonyl (C=O) groups excluding carboxylic acids is 1. The minimum atomic E-state index is -4.82. The standard InChI is InChI=1S/C23H22F4N2O3S/c1-3-22(12-13-22)29-21(30)19(14-33(2,31)32)28-20(23(25,26)27)17-6-4-15(5-7-17)16-8-10-18(24)11-9-16/h1,4-11,19-20,28H,12-14H2,2H3,(H,29,30)/t19-,20-/m0/s1. The van der Waals surface area contributed by atoms with Gasteiger partial charge < -0.3 is 5.32 Å². The molecule has 2 aromatic rings. The maximum Gasteiger partial charge on any atom is 0.407 e. The summed E-state index contributed by atoms with van der Waals surface area (Å²) in [6.45, 7) is 0. The lowest BCUT2D eigenvalue weighted by Gasteiger charge is -2.28. The van der Waals surface area contributed by atoms with Gasteiger partial charge in [0.2, 0.25) is 5.91 Å². The van der Waals surface area contributed by atoms with Gasteiger partial charge in [0.15, 0.2) is 0 Å². The van der Waals surface area contributed by atoms with Crippen LogP contribution in [0.2, 0.25) is 0 Å². The van der Waals surface area contributed by atoms with Crippen LogP contribution in [0.4, 0.5) is 17.6 Å². The lowest BCUT2D eigenvalue weighted by atomic mass is 10.00. The normalized spacial score (nSPS) is 17.0. The Bertz CT molecular complexity index is 1150. The van der Waals surface area contributed by atoms with Crippen molar-refractivity contribution in [2.45, 2.75) is 36.6 Å². The SMILES string of the molecule is C#CC1(NC(=O)[C@H](CS(C)(=O)=O)N[C@@H](c2ccc(-c3ccc(F)cc3)cc2)C(F)(F)F)CC1. The largest absolute Gasteiger partial charge is 0.407 e. The zero-order valence-electron chi connectivity index (χ0n) is 17.6. The lowest BCUT2D eigenvalue weighted by Crippen LogP contribution is -2.54. The summed E-state index contributed by atoms with van der Waals surface area (Å²) in [4.78, 5) is 12.7. The van der Waals surface area contributed by atoms with Crippen LogP contribution in [0, 0.1) is 18.2 Å². The summed E-state index contributed by atoms with van der Waals surface area (Å²) in [5, 5.41) is 4.66. The minimum absolute atomic E-state index is 0.210. The van der Waals surface area contributed by atoms with E-state index in [9.17, 15) is 30.8 Å². The van der Waals surface area contributed by atoms with E-state index in [4.69, 9.17) is 6.42 Å². The summed E-state index contributed by atoms with van der Waals surface area (Å²) in [6, 6.07) is 6.81. The fraction of sp³-hybridized carbons (Fsp3) is 0.348. The van der Waals surface area contributed by atoms with E-state index in [1.165, 1.54) is 48.5 Å². The van der Waals surface area contributed by atoms with E-state index in [-0.39, 0.29) is 5.56 Å². The van der Waals surface area contributed by atoms with Crippen LogP contribution in [0.25, 0.3) is 11.1 Å². The molecule has 2 aromatic carbocycles. The van der Waals surface area contributed by atoms with E-state index >= 15 is 0 Å². The van der Waals surface area contributed by atoms with Crippen LogP contribution in [0.3, 0.4) is 0 Å². The Kier molecular flexibility index (Phi) is 6.86. The fourth-order valence-corrected chi connectivity index (χ4v) is 4.20. The van der Waals surface area contributed by atoms with Crippen LogP contribution in [0.5, 0.6) is 0 Å². The number of nitrogens with one attached hydrogen (secondary N) is 2. The van der Waals surface area contributed by atoms with Gasteiger partial charge in [-0.2, -0.15) is 13.2 Å². The van der Waals surface area contributed by atoms with Crippen LogP contribution >= 0.6 is 0 Å². The number of sulfone groups is 1. The first kappa shape index (κ1) is 24.7. The van der Waals surface area contributed by atoms with Gasteiger partial charge in [-0.15, -0.1) is 6.42 Å². The summed E-state index contributed by atoms with van der Waals surface area (Å²) in [7, 11) is -3.80. The molecule has 3 rings (SSSR count). The Morgan fingerprint density at radius 2 is 1.61 bits per heavy atom. The highest BCUT2D eigenvalue weighted by molar-refractivity contribution is 7.90. The molecule has 1 aliphatic rings. The highest BCUT2D eigenvalue weighted by Gasteiger charge is 2.46. The van der Waals surface area contributed by atoms with Crippen molar-refractivity contribution in [2.24, 2.45) is 0 Å². The quantitative estimate of drug-likeness (QED) is 0.447. The maximum atomic E-state index is 13.9. The average molecular weight is 482 g/mol. The summed E-state index contributed by atoms with van der Waals surface area (Å²) >= 11 is 0. The first-order chi connectivity index (χ1) is 15.3. The molecule has 2 atom stereocenters. The van der Waals surface area contributed by atoms with E-state index in [0.29, 0.717) is 24.0 Å². The highest BCUT2D eigenvalue weighted by atomic mass is 32.2. The molecule has 0 aliphatic heterocycles. The minimum Gasteiger partial charge on any atom is -0.338 e. The number of alkyl halides is 3. The van der Waals surface area contributed by atoms with Crippen molar-refractivity contribution in [3.05, 3.63) is 59.9 Å². The van der Waals surface area contributed by atoms with Gasteiger partial charge in [-0.05, 0) is 41.7 Å². The second kappa shape index (κ2) is 9.15. The lowest BCUT2D eigenvalue weighted by molar-refractivity contribution is -0.160. The number of rotatable bonds is 8. The van der Waals surface area contributed by atoms with Crippen molar-refractivity contribution < 1.29 is 30.8 Å². The van der Waals surface area contributed by atoms with E-state index in [1.54, 1.807) is 0 Å². The third-order valence-electron chi connectivity index (χ3n) is 5.29. The Morgan fingerprint density at radius 3 is 2.03 bits per heavy atom. The van der Waals surface area contributed by atoms with Gasteiger partial charge >= 0.3 is 6.18 Å². The molecule has 0 bridgehead atoms. The van der Waals surface area contributed by atoms with Gasteiger partial charge in [-0.3, -0.25) is 10.1 Å². The van der Waals surface area contributed by atoms with Gasteiger partial charge in [0, 0.05) is 6.26 Å². The highest BCUT2D eigenvalue weighted by Crippen LogP contribution is 2.36. The molecule has 0 saturated heterocycles. The van der Waals surface area contributed by atoms with E-state index in [0.717, 1.165) is 6.26 Å². The monoisotopic (exact) mass is 482 g/mol. The van der Waals surface area contributed by atoms with E-state index in [1.807, 2.05) is 0 Å². The van der Waals surface area contributed by atoms with Gasteiger partial charge in [-0.1, -0.05) is 42.3 Å². The number of benzene rings is 2. The first-order valence-electron chi connectivity index (χ1n) is 9.98. The van der Waals surface area contributed by atoms with Gasteiger partial charge in [-0.25, -0.2) is 12.8 Å². The Hall–Kier alpha value is -2.90. The van der Waals surface area contributed by atoms with Crippen molar-refractivity contribution >= 4 is 15.7 Å². The molecule has 1 fully saturated rings. The molecular formula is C23H22F4N2O3S. The molecule has 2 N–H and O–H groups in total. The molecular weight excluding hydrogens is 460 g/mol. The molecule has 0 aromatic heterocycles. The van der Waals surface area contributed by atoms with Gasteiger partial charge in [0.1, 0.15) is 33.3 Å². The van der Waals surface area contributed by atoms with Crippen LogP contribution in [-0.2, 0) is 14.6 Å². The molecule has 0 heterocycles. The Labute approximate surface area is 189 Å². The fourth-order valence-electron chi connectivity index (χ4n) is 3.35. The second-order valence-electron chi connectivity index (χ2n) is 8.13. The Balaban J connectivity index is 1.87. The molecule has 0 unspecified atom stereocenters. The van der Waals surface area contributed by atoms with Crippen molar-refractivity contribution in [1.82, 2.24) is 10.6 Å².